The fraction of sp³-hybridized carbons (Fsp3) is 0.357. The minimum absolute atomic E-state index is 0.0269. The Morgan fingerprint density at radius 3 is 2.70 bits per heavy atom. The molecule has 1 aromatic heterocycles. The molecule has 0 atom stereocenters. The van der Waals surface area contributed by atoms with E-state index in [0.717, 1.165) is 17.2 Å². The van der Waals surface area contributed by atoms with E-state index in [0.29, 0.717) is 10.9 Å². The molecule has 0 saturated carbocycles. The largest absolute Gasteiger partial charge is 0.300 e. The van der Waals surface area contributed by atoms with Crippen LogP contribution in [0.5, 0.6) is 0 Å². The summed E-state index contributed by atoms with van der Waals surface area (Å²) in [6.45, 7) is 4.08. The van der Waals surface area contributed by atoms with E-state index in [2.05, 4.69) is 46.7 Å². The number of aryl methyl sites for hydroxylation is 2. The first-order chi connectivity index (χ1) is 9.67. The third kappa shape index (κ3) is 4.61. The number of aromatic nitrogens is 2. The van der Waals surface area contributed by atoms with E-state index in [-0.39, 0.29) is 5.91 Å². The van der Waals surface area contributed by atoms with Gasteiger partial charge in [0.2, 0.25) is 11.0 Å². The summed E-state index contributed by atoms with van der Waals surface area (Å²) < 4.78 is 0. The Morgan fingerprint density at radius 2 is 2.05 bits per heavy atom. The van der Waals surface area contributed by atoms with Crippen LogP contribution in [0.3, 0.4) is 0 Å². The second-order valence-electron chi connectivity index (χ2n) is 4.38. The highest BCUT2D eigenvalue weighted by Crippen LogP contribution is 2.17. The molecule has 20 heavy (non-hydrogen) atoms. The standard InChI is InChI=1S/C14H17N3OS2/c1-3-13-16-17-14(20-13)15-12(18)9-19-8-11-6-4-10(2)5-7-11/h4-7H,3,8-9H2,1-2H3,(H,15,17,18). The van der Waals surface area contributed by atoms with Crippen molar-refractivity contribution in [3.63, 3.8) is 0 Å². The fourth-order valence-electron chi connectivity index (χ4n) is 1.55. The molecule has 4 nitrogen and oxygen atoms in total. The molecule has 0 unspecified atom stereocenters. The summed E-state index contributed by atoms with van der Waals surface area (Å²) in [6, 6.07) is 8.37. The first-order valence-electron chi connectivity index (χ1n) is 6.43. The molecule has 2 rings (SSSR count). The van der Waals surface area contributed by atoms with Crippen LogP contribution in [0.25, 0.3) is 0 Å². The average Bonchev–Trinajstić information content (AvgIpc) is 2.88. The van der Waals surface area contributed by atoms with Gasteiger partial charge in [-0.05, 0) is 18.9 Å². The highest BCUT2D eigenvalue weighted by Gasteiger charge is 2.07. The smallest absolute Gasteiger partial charge is 0.236 e. The number of amides is 1. The van der Waals surface area contributed by atoms with Gasteiger partial charge in [0, 0.05) is 5.75 Å². The van der Waals surface area contributed by atoms with Gasteiger partial charge in [0.25, 0.3) is 0 Å². The molecule has 1 heterocycles. The van der Waals surface area contributed by atoms with Gasteiger partial charge in [-0.2, -0.15) is 0 Å². The Morgan fingerprint density at radius 1 is 1.30 bits per heavy atom. The van der Waals surface area contributed by atoms with Gasteiger partial charge in [0.15, 0.2) is 0 Å². The van der Waals surface area contributed by atoms with Crippen molar-refractivity contribution < 1.29 is 4.79 Å². The predicted molar refractivity (Wildman–Crippen MR) is 85.3 cm³/mol. The van der Waals surface area contributed by atoms with Gasteiger partial charge >= 0.3 is 0 Å². The van der Waals surface area contributed by atoms with E-state index in [1.807, 2.05) is 6.92 Å². The lowest BCUT2D eigenvalue weighted by Crippen LogP contribution is -2.13. The lowest BCUT2D eigenvalue weighted by molar-refractivity contribution is -0.113. The maximum absolute atomic E-state index is 11.8. The number of hydrogen-bond donors (Lipinski definition) is 1. The summed E-state index contributed by atoms with van der Waals surface area (Å²) in [5.41, 5.74) is 2.48. The topological polar surface area (TPSA) is 54.9 Å². The van der Waals surface area contributed by atoms with Crippen molar-refractivity contribution in [2.75, 3.05) is 11.1 Å². The van der Waals surface area contributed by atoms with Gasteiger partial charge in [-0.1, -0.05) is 48.1 Å². The van der Waals surface area contributed by atoms with Crippen LogP contribution in [0.4, 0.5) is 5.13 Å². The van der Waals surface area contributed by atoms with Crippen molar-refractivity contribution in [1.29, 1.82) is 0 Å². The van der Waals surface area contributed by atoms with E-state index in [1.165, 1.54) is 22.5 Å². The summed E-state index contributed by atoms with van der Waals surface area (Å²) in [5, 5.41) is 12.2. The average molecular weight is 307 g/mol. The molecule has 0 fully saturated rings. The summed E-state index contributed by atoms with van der Waals surface area (Å²) in [7, 11) is 0. The molecule has 0 saturated heterocycles. The molecule has 0 aliphatic carbocycles. The zero-order valence-corrected chi connectivity index (χ0v) is 13.2. The summed E-state index contributed by atoms with van der Waals surface area (Å²) in [6.07, 6.45) is 0.843. The number of benzene rings is 1. The molecule has 0 aliphatic rings. The quantitative estimate of drug-likeness (QED) is 0.890. The van der Waals surface area contributed by atoms with Crippen LogP contribution in [0.1, 0.15) is 23.1 Å². The molecule has 0 bridgehead atoms. The molecule has 0 spiro atoms. The molecule has 0 aliphatic heterocycles. The fourth-order valence-corrected chi connectivity index (χ4v) is 3.03. The highest BCUT2D eigenvalue weighted by atomic mass is 32.2. The Bertz CT molecular complexity index is 566. The summed E-state index contributed by atoms with van der Waals surface area (Å²) in [4.78, 5) is 11.8. The van der Waals surface area contributed by atoms with Crippen molar-refractivity contribution in [2.45, 2.75) is 26.0 Å². The maximum atomic E-state index is 11.8. The summed E-state index contributed by atoms with van der Waals surface area (Å²) >= 11 is 3.03. The molecule has 106 valence electrons. The van der Waals surface area contributed by atoms with Crippen molar-refractivity contribution in [1.82, 2.24) is 10.2 Å². The molecular formula is C14H17N3OS2. The lowest BCUT2D eigenvalue weighted by atomic mass is 10.2. The van der Waals surface area contributed by atoms with Crippen molar-refractivity contribution in [3.05, 3.63) is 40.4 Å². The molecule has 1 aromatic carbocycles. The van der Waals surface area contributed by atoms with Crippen LogP contribution in [-0.4, -0.2) is 21.9 Å². The Labute approximate surface area is 127 Å². The second kappa shape index (κ2) is 7.40. The third-order valence-electron chi connectivity index (χ3n) is 2.64. The second-order valence-corrected chi connectivity index (χ2v) is 6.43. The Hall–Kier alpha value is -1.40. The summed E-state index contributed by atoms with van der Waals surface area (Å²) in [5.74, 6) is 1.24. The predicted octanol–water partition coefficient (Wildman–Crippen LogP) is 3.28. The number of carbonyl (C=O) groups is 1. The number of nitrogens with one attached hydrogen (secondary N) is 1. The van der Waals surface area contributed by atoms with E-state index >= 15 is 0 Å². The zero-order valence-electron chi connectivity index (χ0n) is 11.5. The molecule has 1 amide bonds. The van der Waals surface area contributed by atoms with Crippen LogP contribution < -0.4 is 5.32 Å². The van der Waals surface area contributed by atoms with E-state index in [9.17, 15) is 4.79 Å². The Balaban J connectivity index is 1.73. The van der Waals surface area contributed by atoms with Crippen LogP contribution in [0.2, 0.25) is 0 Å². The molecular weight excluding hydrogens is 290 g/mol. The minimum Gasteiger partial charge on any atom is -0.300 e. The molecule has 6 heteroatoms. The van der Waals surface area contributed by atoms with E-state index < -0.39 is 0 Å². The minimum atomic E-state index is -0.0269. The van der Waals surface area contributed by atoms with Crippen LogP contribution in [-0.2, 0) is 17.0 Å². The van der Waals surface area contributed by atoms with Crippen LogP contribution >= 0.6 is 23.1 Å². The van der Waals surface area contributed by atoms with Gasteiger partial charge < -0.3 is 0 Å². The van der Waals surface area contributed by atoms with E-state index in [1.54, 1.807) is 11.8 Å². The number of rotatable bonds is 6. The number of anilines is 1. The van der Waals surface area contributed by atoms with Crippen LogP contribution in [0.15, 0.2) is 24.3 Å². The van der Waals surface area contributed by atoms with Crippen molar-refractivity contribution in [2.24, 2.45) is 0 Å². The number of carbonyl (C=O) groups excluding carboxylic acids is 1. The SMILES string of the molecule is CCc1nnc(NC(=O)CSCc2ccc(C)cc2)s1. The normalized spacial score (nSPS) is 10.5. The number of nitrogens with zero attached hydrogens (tertiary/aromatic N) is 2. The monoisotopic (exact) mass is 307 g/mol. The highest BCUT2D eigenvalue weighted by molar-refractivity contribution is 7.99. The lowest BCUT2D eigenvalue weighted by Gasteiger charge is -2.02. The van der Waals surface area contributed by atoms with Gasteiger partial charge in [0.1, 0.15) is 5.01 Å². The van der Waals surface area contributed by atoms with Crippen LogP contribution in [0, 0.1) is 6.92 Å². The third-order valence-corrected chi connectivity index (χ3v) is 4.62. The van der Waals surface area contributed by atoms with Gasteiger partial charge in [-0.15, -0.1) is 22.0 Å². The Kier molecular flexibility index (Phi) is 5.55. The number of hydrogen-bond acceptors (Lipinski definition) is 5. The molecule has 1 N–H and O–H groups in total. The first kappa shape index (κ1) is 15.0. The van der Waals surface area contributed by atoms with Gasteiger partial charge in [0.05, 0.1) is 5.75 Å². The first-order valence-corrected chi connectivity index (χ1v) is 8.40. The van der Waals surface area contributed by atoms with Crippen molar-refractivity contribution >= 4 is 34.1 Å². The number of thioether (sulfide) groups is 1. The maximum Gasteiger partial charge on any atom is 0.236 e. The van der Waals surface area contributed by atoms with Crippen molar-refractivity contribution in [3.8, 4) is 0 Å². The zero-order chi connectivity index (χ0) is 14.4. The van der Waals surface area contributed by atoms with Gasteiger partial charge in [-0.25, -0.2) is 0 Å². The molecule has 0 radical (unpaired) electrons. The van der Waals surface area contributed by atoms with Gasteiger partial charge in [-0.3, -0.25) is 10.1 Å². The molecule has 2 aromatic rings. The van der Waals surface area contributed by atoms with E-state index in [4.69, 9.17) is 0 Å².